The number of rotatable bonds is 5. The lowest BCUT2D eigenvalue weighted by atomic mass is 9.97. The number of carbonyl (C=O) groups excluding carboxylic acids is 1. The minimum absolute atomic E-state index is 0.00555. The van der Waals surface area contributed by atoms with Crippen LogP contribution in [0.3, 0.4) is 0 Å². The van der Waals surface area contributed by atoms with Crippen molar-refractivity contribution in [2.75, 3.05) is 24.2 Å². The fourth-order valence-electron chi connectivity index (χ4n) is 6.11. The average Bonchev–Trinajstić information content (AvgIpc) is 3.57. The largest absolute Gasteiger partial charge is 0.447 e. The molecule has 2 aromatic carbocycles. The zero-order valence-electron chi connectivity index (χ0n) is 23.4. The van der Waals surface area contributed by atoms with E-state index < -0.39 is 9.84 Å². The van der Waals surface area contributed by atoms with Gasteiger partial charge < -0.3 is 15.0 Å². The lowest BCUT2D eigenvalue weighted by Crippen LogP contribution is -2.45. The van der Waals surface area contributed by atoms with Crippen LogP contribution in [-0.4, -0.2) is 64.9 Å². The molecule has 2 fully saturated rings. The normalized spacial score (nSPS) is 20.7. The number of nitrogens with zero attached hydrogens (tertiary/aromatic N) is 5. The van der Waals surface area contributed by atoms with E-state index in [9.17, 15) is 18.0 Å². The van der Waals surface area contributed by atoms with Gasteiger partial charge in [-0.15, -0.1) is 11.3 Å². The summed E-state index contributed by atoms with van der Waals surface area (Å²) in [5.41, 5.74) is 4.06. The van der Waals surface area contributed by atoms with Crippen LogP contribution in [0.15, 0.2) is 41.2 Å². The van der Waals surface area contributed by atoms with Crippen molar-refractivity contribution in [2.45, 2.75) is 50.6 Å². The van der Waals surface area contributed by atoms with Gasteiger partial charge in [0.15, 0.2) is 9.84 Å². The number of nitriles is 1. The van der Waals surface area contributed by atoms with Crippen molar-refractivity contribution < 1.29 is 17.9 Å². The van der Waals surface area contributed by atoms with E-state index in [1.165, 1.54) is 11.3 Å². The van der Waals surface area contributed by atoms with Crippen molar-refractivity contribution in [1.82, 2.24) is 19.4 Å². The van der Waals surface area contributed by atoms with Crippen molar-refractivity contribution in [3.8, 4) is 16.6 Å². The van der Waals surface area contributed by atoms with Crippen LogP contribution in [0, 0.1) is 18.3 Å². The van der Waals surface area contributed by atoms with E-state index in [4.69, 9.17) is 20.0 Å². The Balaban J connectivity index is 1.30. The van der Waals surface area contributed by atoms with Gasteiger partial charge >= 0.3 is 6.09 Å². The van der Waals surface area contributed by atoms with Gasteiger partial charge in [-0.3, -0.25) is 9.36 Å². The number of hydrogen-bond acceptors (Lipinski definition) is 10. The Bertz CT molecular complexity index is 1990. The summed E-state index contributed by atoms with van der Waals surface area (Å²) >= 11 is 1.37. The van der Waals surface area contributed by atoms with Gasteiger partial charge in [0.1, 0.15) is 17.4 Å². The maximum absolute atomic E-state index is 13.9. The molecule has 2 atom stereocenters. The van der Waals surface area contributed by atoms with E-state index >= 15 is 0 Å². The molecule has 0 spiro atoms. The molecule has 0 bridgehead atoms. The summed E-state index contributed by atoms with van der Waals surface area (Å²) in [5, 5.41) is 13.9. The molecule has 3 aliphatic heterocycles. The fraction of sp³-hybridized carbons (Fsp3) is 0.367. The number of aryl methyl sites for hydroxylation is 2. The maximum Gasteiger partial charge on any atom is 0.410 e. The van der Waals surface area contributed by atoms with Gasteiger partial charge in [-0.2, -0.15) is 5.26 Å². The van der Waals surface area contributed by atoms with Crippen LogP contribution < -0.4 is 10.9 Å². The molecule has 220 valence electrons. The van der Waals surface area contributed by atoms with Crippen LogP contribution in [-0.2, 0) is 33.3 Å². The first kappa shape index (κ1) is 27.5. The highest BCUT2D eigenvalue weighted by atomic mass is 32.2. The summed E-state index contributed by atoms with van der Waals surface area (Å²) in [6.45, 7) is 3.04. The molecule has 0 saturated carbocycles. The van der Waals surface area contributed by atoms with Gasteiger partial charge in [-0.25, -0.2) is 23.2 Å². The Morgan fingerprint density at radius 1 is 1.19 bits per heavy atom. The Kier molecular flexibility index (Phi) is 6.70. The smallest absolute Gasteiger partial charge is 0.410 e. The molecule has 3 aliphatic rings. The molecule has 0 radical (unpaired) electrons. The van der Waals surface area contributed by atoms with Crippen LogP contribution in [0.1, 0.15) is 40.4 Å². The quantitative estimate of drug-likeness (QED) is 0.355. The molecule has 0 aliphatic carbocycles. The molecule has 11 nitrogen and oxygen atoms in total. The molecule has 1 N–H and O–H groups in total. The zero-order chi connectivity index (χ0) is 29.9. The molecule has 1 amide bonds. The number of carbonyl (C=O) groups is 1. The SMILES string of the molecule is Cc1nc2cc(-c3nc4c(s3)CS(=O)(=O)CC4)c(N[C@H]3CCN4C(=O)OC[C@@H]4C3)cc2c(=O)n1Cc1ccc(C#N)cc1. The number of fused-ring (bicyclic) bond motifs is 3. The first-order chi connectivity index (χ1) is 20.7. The number of cyclic esters (lactones) is 1. The first-order valence-corrected chi connectivity index (χ1v) is 16.7. The molecular formula is C30H28N6O5S2. The molecule has 2 saturated heterocycles. The fourth-order valence-corrected chi connectivity index (χ4v) is 9.03. The monoisotopic (exact) mass is 616 g/mol. The first-order valence-electron chi connectivity index (χ1n) is 14.1. The highest BCUT2D eigenvalue weighted by Gasteiger charge is 2.38. The zero-order valence-corrected chi connectivity index (χ0v) is 25.0. The molecular weight excluding hydrogens is 589 g/mol. The Morgan fingerprint density at radius 3 is 2.79 bits per heavy atom. The van der Waals surface area contributed by atoms with E-state index in [-0.39, 0.29) is 35.2 Å². The number of thiazole rings is 1. The molecule has 43 heavy (non-hydrogen) atoms. The molecule has 7 rings (SSSR count). The van der Waals surface area contributed by atoms with Gasteiger partial charge in [0, 0.05) is 35.1 Å². The minimum Gasteiger partial charge on any atom is -0.447 e. The third-order valence-corrected chi connectivity index (χ3v) is 11.3. The lowest BCUT2D eigenvalue weighted by Gasteiger charge is -2.33. The second-order valence-electron chi connectivity index (χ2n) is 11.3. The van der Waals surface area contributed by atoms with Crippen LogP contribution in [0.5, 0.6) is 0 Å². The molecule has 13 heteroatoms. The number of sulfone groups is 1. The van der Waals surface area contributed by atoms with Crippen LogP contribution in [0.25, 0.3) is 21.5 Å². The van der Waals surface area contributed by atoms with Gasteiger partial charge in [-0.1, -0.05) is 12.1 Å². The minimum atomic E-state index is -3.15. The van der Waals surface area contributed by atoms with Crippen LogP contribution in [0.2, 0.25) is 0 Å². The topological polar surface area (TPSA) is 147 Å². The van der Waals surface area contributed by atoms with E-state index in [1.54, 1.807) is 28.5 Å². The molecule has 5 heterocycles. The van der Waals surface area contributed by atoms with Crippen molar-refractivity contribution in [2.24, 2.45) is 0 Å². The number of amides is 1. The molecule has 2 aromatic heterocycles. The third-order valence-electron chi connectivity index (χ3n) is 8.43. The molecule has 4 aromatic rings. The van der Waals surface area contributed by atoms with Crippen LogP contribution in [0.4, 0.5) is 10.5 Å². The van der Waals surface area contributed by atoms with Crippen molar-refractivity contribution in [1.29, 1.82) is 5.26 Å². The number of ether oxygens (including phenoxy) is 1. The highest BCUT2D eigenvalue weighted by Crippen LogP contribution is 2.39. The summed E-state index contributed by atoms with van der Waals surface area (Å²) in [4.78, 5) is 38.1. The highest BCUT2D eigenvalue weighted by molar-refractivity contribution is 7.90. The average molecular weight is 617 g/mol. The van der Waals surface area contributed by atoms with Gasteiger partial charge in [-0.05, 0) is 49.6 Å². The lowest BCUT2D eigenvalue weighted by molar-refractivity contribution is 0.153. The summed E-state index contributed by atoms with van der Waals surface area (Å²) in [5.74, 6) is 0.630. The van der Waals surface area contributed by atoms with E-state index in [0.29, 0.717) is 66.3 Å². The van der Waals surface area contributed by atoms with Crippen LogP contribution >= 0.6 is 11.3 Å². The van der Waals surface area contributed by atoms with Gasteiger partial charge in [0.2, 0.25) is 0 Å². The summed E-state index contributed by atoms with van der Waals surface area (Å²) in [6, 6.07) is 13.0. The maximum atomic E-state index is 13.9. The number of anilines is 1. The van der Waals surface area contributed by atoms with E-state index in [1.807, 2.05) is 24.3 Å². The number of benzene rings is 2. The number of hydrogen-bond donors (Lipinski definition) is 1. The van der Waals surface area contributed by atoms with E-state index in [2.05, 4.69) is 11.4 Å². The van der Waals surface area contributed by atoms with Gasteiger partial charge in [0.05, 0.1) is 52.3 Å². The Morgan fingerprint density at radius 2 is 2.00 bits per heavy atom. The summed E-state index contributed by atoms with van der Waals surface area (Å²) < 4.78 is 31.5. The third kappa shape index (κ3) is 5.14. The Labute approximate surface area is 251 Å². The predicted octanol–water partition coefficient (Wildman–Crippen LogP) is 3.61. The summed E-state index contributed by atoms with van der Waals surface area (Å²) in [6.07, 6.45) is 1.52. The second-order valence-corrected chi connectivity index (χ2v) is 14.6. The van der Waals surface area contributed by atoms with Crippen molar-refractivity contribution >= 4 is 43.9 Å². The Hall–Kier alpha value is -4.28. The number of piperidine rings is 1. The second kappa shape index (κ2) is 10.5. The van der Waals surface area contributed by atoms with Crippen molar-refractivity contribution in [3.05, 3.63) is 74.3 Å². The molecule has 0 unspecified atom stereocenters. The van der Waals surface area contributed by atoms with Gasteiger partial charge in [0.25, 0.3) is 5.56 Å². The number of aromatic nitrogens is 3. The standard InChI is InChI=1S/C30H28N6O5S2/c1-17-32-26-11-22(28-34-24-7-9-43(39,40)16-27(24)42-28)25(33-20-6-8-35-21(10-20)15-41-30(35)38)12-23(26)29(37)36(17)14-19-4-2-18(13-31)3-5-19/h2-5,11-12,20-21,33H,6-10,14-16H2,1H3/t20-,21-/m0/s1. The predicted molar refractivity (Wildman–Crippen MR) is 162 cm³/mol. The summed E-state index contributed by atoms with van der Waals surface area (Å²) in [7, 11) is -3.15. The number of nitrogens with one attached hydrogen (secondary N) is 1. The van der Waals surface area contributed by atoms with E-state index in [0.717, 1.165) is 27.4 Å². The van der Waals surface area contributed by atoms with Crippen molar-refractivity contribution in [3.63, 3.8) is 0 Å².